The summed E-state index contributed by atoms with van der Waals surface area (Å²) in [4.78, 5) is 11.0. The molecule has 11 heavy (non-hydrogen) atoms. The maximum atomic E-state index is 11.0. The molecular weight excluding hydrogens is 163 g/mol. The Hall–Kier alpha value is -1.22. The molecule has 0 saturated heterocycles. The van der Waals surface area contributed by atoms with E-state index in [1.54, 1.807) is 16.6 Å². The SMILES string of the molecule is O=c1[nH]nnc2c1ccn2P. The molecule has 1 unspecified atom stereocenters. The topological polar surface area (TPSA) is 63.6 Å². The quantitative estimate of drug-likeness (QED) is 0.552. The second-order valence-electron chi connectivity index (χ2n) is 2.10. The molecule has 0 aliphatic carbocycles. The van der Waals surface area contributed by atoms with Crippen molar-refractivity contribution in [3.8, 4) is 0 Å². The molecule has 1 N–H and O–H groups in total. The number of aromatic nitrogens is 4. The maximum absolute atomic E-state index is 11.0. The Morgan fingerprint density at radius 2 is 2.45 bits per heavy atom. The van der Waals surface area contributed by atoms with Crippen LogP contribution >= 0.6 is 9.39 Å². The van der Waals surface area contributed by atoms with E-state index in [2.05, 4.69) is 24.8 Å². The molecule has 2 aromatic heterocycles. The molecule has 0 radical (unpaired) electrons. The van der Waals surface area contributed by atoms with Gasteiger partial charge >= 0.3 is 0 Å². The minimum atomic E-state index is -0.212. The lowest BCUT2D eigenvalue weighted by Gasteiger charge is -1.89. The van der Waals surface area contributed by atoms with Gasteiger partial charge < -0.3 is 4.34 Å². The van der Waals surface area contributed by atoms with Crippen LogP contribution in [-0.2, 0) is 0 Å². The van der Waals surface area contributed by atoms with Crippen LogP contribution < -0.4 is 5.56 Å². The Kier molecular flexibility index (Phi) is 1.26. The average Bonchev–Trinajstić information content (AvgIpc) is 2.35. The summed E-state index contributed by atoms with van der Waals surface area (Å²) in [5.74, 6) is 0. The second kappa shape index (κ2) is 2.13. The van der Waals surface area contributed by atoms with Crippen LogP contribution in [0.3, 0.4) is 0 Å². The molecule has 2 heterocycles. The van der Waals surface area contributed by atoms with E-state index >= 15 is 0 Å². The van der Waals surface area contributed by atoms with Crippen LogP contribution in [0.2, 0.25) is 0 Å². The van der Waals surface area contributed by atoms with Crippen molar-refractivity contribution in [2.24, 2.45) is 0 Å². The lowest BCUT2D eigenvalue weighted by Crippen LogP contribution is -2.08. The van der Waals surface area contributed by atoms with Gasteiger partial charge in [0.15, 0.2) is 5.65 Å². The minimum Gasteiger partial charge on any atom is -0.315 e. The van der Waals surface area contributed by atoms with Crippen LogP contribution in [0.5, 0.6) is 0 Å². The molecule has 1 atom stereocenters. The highest BCUT2D eigenvalue weighted by molar-refractivity contribution is 7.14. The van der Waals surface area contributed by atoms with Gasteiger partial charge in [-0.15, -0.1) is 5.10 Å². The van der Waals surface area contributed by atoms with Gasteiger partial charge in [-0.1, -0.05) is 5.21 Å². The zero-order valence-corrected chi connectivity index (χ0v) is 6.64. The van der Waals surface area contributed by atoms with Gasteiger partial charge in [-0.3, -0.25) is 4.79 Å². The number of hydrogen-bond acceptors (Lipinski definition) is 3. The molecule has 2 aromatic rings. The summed E-state index contributed by atoms with van der Waals surface area (Å²) in [6.45, 7) is 0. The van der Waals surface area contributed by atoms with Crippen molar-refractivity contribution in [3.05, 3.63) is 22.6 Å². The van der Waals surface area contributed by atoms with E-state index in [4.69, 9.17) is 0 Å². The molecule has 0 fully saturated rings. The number of hydrogen-bond donors (Lipinski definition) is 1. The fourth-order valence-electron chi connectivity index (χ4n) is 0.900. The van der Waals surface area contributed by atoms with Gasteiger partial charge in [-0.05, 0) is 15.5 Å². The summed E-state index contributed by atoms with van der Waals surface area (Å²) in [5.41, 5.74) is 0.356. The lowest BCUT2D eigenvalue weighted by atomic mass is 10.4. The Morgan fingerprint density at radius 1 is 1.64 bits per heavy atom. The summed E-state index contributed by atoms with van der Waals surface area (Å²) in [6.07, 6.45) is 1.74. The highest BCUT2D eigenvalue weighted by Gasteiger charge is 2.01. The van der Waals surface area contributed by atoms with Crippen molar-refractivity contribution in [1.29, 1.82) is 0 Å². The lowest BCUT2D eigenvalue weighted by molar-refractivity contribution is 0.864. The molecule has 0 aromatic carbocycles. The number of fused-ring (bicyclic) bond motifs is 1. The predicted molar refractivity (Wildman–Crippen MR) is 43.3 cm³/mol. The van der Waals surface area contributed by atoms with E-state index < -0.39 is 0 Å². The smallest absolute Gasteiger partial charge is 0.276 e. The van der Waals surface area contributed by atoms with Gasteiger partial charge in [-0.2, -0.15) is 0 Å². The van der Waals surface area contributed by atoms with Gasteiger partial charge in [0, 0.05) is 6.20 Å². The van der Waals surface area contributed by atoms with E-state index in [1.807, 2.05) is 0 Å². The molecule has 6 heteroatoms. The highest BCUT2D eigenvalue weighted by Crippen LogP contribution is 2.08. The number of rotatable bonds is 0. The third kappa shape index (κ3) is 0.851. The molecule has 0 spiro atoms. The van der Waals surface area contributed by atoms with E-state index in [0.29, 0.717) is 11.0 Å². The average molecular weight is 168 g/mol. The molecule has 0 aliphatic rings. The number of aromatic amines is 1. The number of H-pyrrole nitrogens is 1. The molecule has 56 valence electrons. The molecular formula is C5H5N4OP. The monoisotopic (exact) mass is 168 g/mol. The fourth-order valence-corrected chi connectivity index (χ4v) is 1.18. The summed E-state index contributed by atoms with van der Waals surface area (Å²) in [6, 6.07) is 1.69. The summed E-state index contributed by atoms with van der Waals surface area (Å²) < 4.78 is 1.66. The Labute approximate surface area is 63.7 Å². The normalized spacial score (nSPS) is 10.6. The van der Waals surface area contributed by atoms with Gasteiger partial charge in [0.25, 0.3) is 5.56 Å². The molecule has 0 amide bonds. The number of nitrogens with zero attached hydrogens (tertiary/aromatic N) is 3. The number of nitrogens with one attached hydrogen (secondary N) is 1. The first-order valence-corrected chi connectivity index (χ1v) is 3.48. The Morgan fingerprint density at radius 3 is 3.18 bits per heavy atom. The molecule has 5 nitrogen and oxygen atoms in total. The first-order chi connectivity index (χ1) is 5.29. The standard InChI is InChI=1S/C5H5N4OP/c10-5-3-1-2-9(11)4(3)6-8-7-5/h1-2H,11H2,(H,6,7,10). The molecule has 0 aliphatic heterocycles. The van der Waals surface area contributed by atoms with E-state index in [0.717, 1.165) is 0 Å². The zero-order valence-electron chi connectivity index (χ0n) is 5.48. The first-order valence-electron chi connectivity index (χ1n) is 2.96. The Bertz CT molecular complexity index is 445. The van der Waals surface area contributed by atoms with Crippen molar-refractivity contribution in [2.75, 3.05) is 0 Å². The third-order valence-corrected chi connectivity index (χ3v) is 1.84. The van der Waals surface area contributed by atoms with Crippen LogP contribution in [0.1, 0.15) is 0 Å². The van der Waals surface area contributed by atoms with Crippen LogP contribution in [0.25, 0.3) is 11.0 Å². The summed E-state index contributed by atoms with van der Waals surface area (Å²) >= 11 is 0. The van der Waals surface area contributed by atoms with E-state index in [1.165, 1.54) is 0 Å². The van der Waals surface area contributed by atoms with Gasteiger partial charge in [-0.25, -0.2) is 5.10 Å². The molecule has 0 saturated carbocycles. The maximum Gasteiger partial charge on any atom is 0.276 e. The fraction of sp³-hybridized carbons (Fsp3) is 0. The Balaban J connectivity index is 3.06. The largest absolute Gasteiger partial charge is 0.315 e. The first kappa shape index (κ1) is 6.49. The van der Waals surface area contributed by atoms with Crippen molar-refractivity contribution >= 4 is 20.4 Å². The van der Waals surface area contributed by atoms with Crippen molar-refractivity contribution in [2.45, 2.75) is 0 Å². The van der Waals surface area contributed by atoms with Crippen molar-refractivity contribution in [3.63, 3.8) is 0 Å². The van der Waals surface area contributed by atoms with Crippen molar-refractivity contribution < 1.29 is 0 Å². The zero-order chi connectivity index (χ0) is 7.84. The summed E-state index contributed by atoms with van der Waals surface area (Å²) in [5, 5.41) is 9.96. The molecule has 2 rings (SSSR count). The van der Waals surface area contributed by atoms with Gasteiger partial charge in [0.2, 0.25) is 0 Å². The van der Waals surface area contributed by atoms with Gasteiger partial charge in [0.1, 0.15) is 0 Å². The summed E-state index contributed by atoms with van der Waals surface area (Å²) in [7, 11) is 2.41. The van der Waals surface area contributed by atoms with Crippen LogP contribution in [0, 0.1) is 0 Å². The minimum absolute atomic E-state index is 0.212. The van der Waals surface area contributed by atoms with Gasteiger partial charge in [0.05, 0.1) is 5.39 Å². The van der Waals surface area contributed by atoms with Crippen LogP contribution in [-0.4, -0.2) is 19.7 Å². The van der Waals surface area contributed by atoms with Crippen LogP contribution in [0.4, 0.5) is 0 Å². The second-order valence-corrected chi connectivity index (χ2v) is 2.66. The van der Waals surface area contributed by atoms with Crippen molar-refractivity contribution in [1.82, 2.24) is 19.7 Å². The predicted octanol–water partition coefficient (Wildman–Crippen LogP) is -0.242. The molecule has 0 bridgehead atoms. The van der Waals surface area contributed by atoms with E-state index in [-0.39, 0.29) is 5.56 Å². The van der Waals surface area contributed by atoms with Crippen LogP contribution in [0.15, 0.2) is 17.1 Å². The van der Waals surface area contributed by atoms with E-state index in [9.17, 15) is 4.79 Å². The highest BCUT2D eigenvalue weighted by atomic mass is 31.0. The third-order valence-electron chi connectivity index (χ3n) is 1.43.